The molecule has 0 radical (unpaired) electrons. The average Bonchev–Trinajstić information content (AvgIpc) is 2.59. The highest BCUT2D eigenvalue weighted by atomic mass is 35.5. The van der Waals surface area contributed by atoms with Crippen LogP contribution in [0.1, 0.15) is 12.0 Å². The summed E-state index contributed by atoms with van der Waals surface area (Å²) in [5.74, 6) is 2.29. The minimum absolute atomic E-state index is 0. The van der Waals surface area contributed by atoms with E-state index < -0.39 is 0 Å². The summed E-state index contributed by atoms with van der Waals surface area (Å²) < 4.78 is 21.6. The van der Waals surface area contributed by atoms with Gasteiger partial charge in [0.15, 0.2) is 23.1 Å². The number of aromatic nitrogens is 2. The third-order valence-corrected chi connectivity index (χ3v) is 3.52. The maximum Gasteiger partial charge on any atom is 0.224 e. The molecule has 6 N–H and O–H groups in total. The van der Waals surface area contributed by atoms with E-state index in [1.807, 2.05) is 12.1 Å². The SMILES string of the molecule is COc1cc(CCCOc2c(N)nc(N)nc2N)cc(OC)c1OC.Cl. The maximum atomic E-state index is 5.74. The van der Waals surface area contributed by atoms with Crippen LogP contribution in [0.25, 0.3) is 0 Å². The number of halogens is 1. The molecule has 0 fully saturated rings. The zero-order valence-electron chi connectivity index (χ0n) is 14.9. The van der Waals surface area contributed by atoms with Gasteiger partial charge in [-0.3, -0.25) is 0 Å². The number of nitrogens with two attached hydrogens (primary N) is 3. The van der Waals surface area contributed by atoms with Crippen LogP contribution < -0.4 is 36.1 Å². The number of benzene rings is 1. The zero-order chi connectivity index (χ0) is 18.4. The van der Waals surface area contributed by atoms with Crippen LogP contribution in [0, 0.1) is 0 Å². The lowest BCUT2D eigenvalue weighted by Crippen LogP contribution is -2.09. The summed E-state index contributed by atoms with van der Waals surface area (Å²) in [6.07, 6.45) is 1.44. The number of hydrogen-bond acceptors (Lipinski definition) is 9. The Labute approximate surface area is 158 Å². The molecule has 0 aliphatic rings. The van der Waals surface area contributed by atoms with E-state index >= 15 is 0 Å². The normalized spacial score (nSPS) is 9.96. The highest BCUT2D eigenvalue weighted by Gasteiger charge is 2.14. The van der Waals surface area contributed by atoms with Gasteiger partial charge in [-0.15, -0.1) is 12.4 Å². The smallest absolute Gasteiger partial charge is 0.224 e. The fourth-order valence-corrected chi connectivity index (χ4v) is 2.38. The molecule has 0 unspecified atom stereocenters. The molecule has 0 atom stereocenters. The van der Waals surface area contributed by atoms with Crippen LogP contribution in [-0.2, 0) is 6.42 Å². The van der Waals surface area contributed by atoms with E-state index in [2.05, 4.69) is 9.97 Å². The highest BCUT2D eigenvalue weighted by molar-refractivity contribution is 5.85. The molecule has 144 valence electrons. The van der Waals surface area contributed by atoms with Crippen molar-refractivity contribution in [1.82, 2.24) is 9.97 Å². The molecule has 0 bridgehead atoms. The molecule has 1 aromatic carbocycles. The van der Waals surface area contributed by atoms with Gasteiger partial charge >= 0.3 is 0 Å². The van der Waals surface area contributed by atoms with E-state index in [0.717, 1.165) is 12.0 Å². The molecule has 0 aliphatic carbocycles. The minimum atomic E-state index is 0. The molecule has 26 heavy (non-hydrogen) atoms. The van der Waals surface area contributed by atoms with Gasteiger partial charge in [0.05, 0.1) is 27.9 Å². The molecule has 2 aromatic rings. The molecule has 1 heterocycles. The average molecular weight is 386 g/mol. The topological polar surface area (TPSA) is 141 Å². The van der Waals surface area contributed by atoms with Crippen LogP contribution in [0.3, 0.4) is 0 Å². The first-order valence-electron chi connectivity index (χ1n) is 7.60. The monoisotopic (exact) mass is 385 g/mol. The predicted octanol–water partition coefficient (Wildman–Crippen LogP) is 1.68. The zero-order valence-corrected chi connectivity index (χ0v) is 15.8. The molecule has 0 amide bonds. The van der Waals surface area contributed by atoms with Crippen molar-refractivity contribution < 1.29 is 18.9 Å². The van der Waals surface area contributed by atoms with Gasteiger partial charge in [0, 0.05) is 0 Å². The van der Waals surface area contributed by atoms with Gasteiger partial charge in [-0.2, -0.15) is 9.97 Å². The molecule has 0 saturated heterocycles. The second-order valence-corrected chi connectivity index (χ2v) is 5.17. The van der Waals surface area contributed by atoms with Crippen molar-refractivity contribution in [2.45, 2.75) is 12.8 Å². The molecule has 0 saturated carbocycles. The molecule has 1 aromatic heterocycles. The highest BCUT2D eigenvalue weighted by Crippen LogP contribution is 2.38. The fraction of sp³-hybridized carbons (Fsp3) is 0.375. The number of aryl methyl sites for hydroxylation is 1. The Morgan fingerprint density at radius 2 is 1.38 bits per heavy atom. The second kappa shape index (κ2) is 9.62. The van der Waals surface area contributed by atoms with Crippen LogP contribution in [-0.4, -0.2) is 37.9 Å². The molecule has 0 spiro atoms. The summed E-state index contributed by atoms with van der Waals surface area (Å²) in [6.45, 7) is 0.387. The van der Waals surface area contributed by atoms with Crippen LogP contribution in [0.15, 0.2) is 12.1 Å². The van der Waals surface area contributed by atoms with Crippen molar-refractivity contribution in [3.8, 4) is 23.0 Å². The first-order valence-corrected chi connectivity index (χ1v) is 7.60. The lowest BCUT2D eigenvalue weighted by Gasteiger charge is -2.14. The Kier molecular flexibility index (Phi) is 7.85. The summed E-state index contributed by atoms with van der Waals surface area (Å²) in [5.41, 5.74) is 18.0. The van der Waals surface area contributed by atoms with Crippen LogP contribution in [0.4, 0.5) is 17.6 Å². The van der Waals surface area contributed by atoms with Crippen molar-refractivity contribution in [3.63, 3.8) is 0 Å². The first-order chi connectivity index (χ1) is 12.0. The number of anilines is 3. The molecular weight excluding hydrogens is 362 g/mol. The van der Waals surface area contributed by atoms with E-state index in [1.165, 1.54) is 0 Å². The number of nitrogen functional groups attached to an aromatic ring is 3. The van der Waals surface area contributed by atoms with Crippen LogP contribution in [0.2, 0.25) is 0 Å². The van der Waals surface area contributed by atoms with Gasteiger partial charge in [0.2, 0.25) is 17.4 Å². The third kappa shape index (κ3) is 4.85. The van der Waals surface area contributed by atoms with E-state index in [1.54, 1.807) is 21.3 Å². The van der Waals surface area contributed by atoms with Gasteiger partial charge in [0.1, 0.15) is 0 Å². The van der Waals surface area contributed by atoms with Gasteiger partial charge in [-0.1, -0.05) is 0 Å². The Morgan fingerprint density at radius 3 is 1.85 bits per heavy atom. The lowest BCUT2D eigenvalue weighted by atomic mass is 10.1. The number of methoxy groups -OCH3 is 3. The summed E-state index contributed by atoms with van der Waals surface area (Å²) in [7, 11) is 4.73. The summed E-state index contributed by atoms with van der Waals surface area (Å²) in [4.78, 5) is 7.66. The fourth-order valence-electron chi connectivity index (χ4n) is 2.38. The van der Waals surface area contributed by atoms with Crippen molar-refractivity contribution in [2.75, 3.05) is 45.1 Å². The van der Waals surface area contributed by atoms with E-state index in [0.29, 0.717) is 30.3 Å². The Morgan fingerprint density at radius 1 is 0.846 bits per heavy atom. The van der Waals surface area contributed by atoms with Crippen molar-refractivity contribution >= 4 is 30.0 Å². The molecule has 0 aliphatic heterocycles. The van der Waals surface area contributed by atoms with Crippen molar-refractivity contribution in [3.05, 3.63) is 17.7 Å². The summed E-state index contributed by atoms with van der Waals surface area (Å²) >= 11 is 0. The third-order valence-electron chi connectivity index (χ3n) is 3.52. The molecule has 2 rings (SSSR count). The van der Waals surface area contributed by atoms with Crippen LogP contribution in [0.5, 0.6) is 23.0 Å². The minimum Gasteiger partial charge on any atom is -0.493 e. The van der Waals surface area contributed by atoms with E-state index in [-0.39, 0.29) is 35.7 Å². The number of hydrogen-bond donors (Lipinski definition) is 3. The largest absolute Gasteiger partial charge is 0.493 e. The van der Waals surface area contributed by atoms with Gasteiger partial charge in [-0.25, -0.2) is 0 Å². The Balaban J connectivity index is 0.00000338. The number of ether oxygens (including phenoxy) is 4. The Bertz CT molecular complexity index is 697. The van der Waals surface area contributed by atoms with Gasteiger partial charge < -0.3 is 36.1 Å². The molecule has 9 nitrogen and oxygen atoms in total. The summed E-state index contributed by atoms with van der Waals surface area (Å²) in [6, 6.07) is 3.80. The quantitative estimate of drug-likeness (QED) is 0.578. The standard InChI is InChI=1S/C16H23N5O4.ClH/c1-22-10-7-9(8-11(23-2)12(10)24-3)5-4-6-25-13-14(17)20-16(19)21-15(13)18;/h7-8H,4-6H2,1-3H3,(H6,17,18,19,20,21);1H. The Hall–Kier alpha value is -2.81. The second-order valence-electron chi connectivity index (χ2n) is 5.17. The van der Waals surface area contributed by atoms with Crippen molar-refractivity contribution in [2.24, 2.45) is 0 Å². The first kappa shape index (κ1) is 21.2. The number of nitrogens with zero attached hydrogens (tertiary/aromatic N) is 2. The van der Waals surface area contributed by atoms with Gasteiger partial charge in [0.25, 0.3) is 0 Å². The van der Waals surface area contributed by atoms with Crippen LogP contribution >= 0.6 is 12.4 Å². The summed E-state index contributed by atoms with van der Waals surface area (Å²) in [5, 5.41) is 0. The number of rotatable bonds is 8. The lowest BCUT2D eigenvalue weighted by molar-refractivity contribution is 0.311. The molecule has 10 heteroatoms. The van der Waals surface area contributed by atoms with Gasteiger partial charge in [-0.05, 0) is 30.5 Å². The predicted molar refractivity (Wildman–Crippen MR) is 102 cm³/mol. The van der Waals surface area contributed by atoms with Crippen molar-refractivity contribution in [1.29, 1.82) is 0 Å². The van der Waals surface area contributed by atoms with E-state index in [9.17, 15) is 0 Å². The molecular formula is C16H24ClN5O4. The van der Waals surface area contributed by atoms with E-state index in [4.69, 9.17) is 36.1 Å². The maximum absolute atomic E-state index is 5.74.